The van der Waals surface area contributed by atoms with E-state index in [4.69, 9.17) is 21.3 Å². The van der Waals surface area contributed by atoms with Crippen molar-refractivity contribution in [1.29, 1.82) is 0 Å². The van der Waals surface area contributed by atoms with E-state index in [0.29, 0.717) is 18.5 Å². The first-order chi connectivity index (χ1) is 9.74. The minimum absolute atomic E-state index is 0.450. The van der Waals surface area contributed by atoms with Crippen LogP contribution >= 0.6 is 11.6 Å². The van der Waals surface area contributed by atoms with Crippen LogP contribution in [-0.2, 0) is 5.88 Å². The lowest BCUT2D eigenvalue weighted by Crippen LogP contribution is -2.08. The molecular weight excluding hydrogens is 272 g/mol. The molecule has 1 fully saturated rings. The first kappa shape index (κ1) is 13.7. The van der Waals surface area contributed by atoms with Crippen LogP contribution in [0, 0.1) is 5.92 Å². The molecule has 0 aliphatic heterocycles. The van der Waals surface area contributed by atoms with Gasteiger partial charge in [0.1, 0.15) is 17.1 Å². The van der Waals surface area contributed by atoms with Crippen molar-refractivity contribution in [2.75, 3.05) is 6.61 Å². The van der Waals surface area contributed by atoms with Gasteiger partial charge in [0, 0.05) is 6.04 Å². The molecule has 2 atom stereocenters. The predicted octanol–water partition coefficient (Wildman–Crippen LogP) is 4.53. The van der Waals surface area contributed by atoms with Crippen molar-refractivity contribution in [1.82, 2.24) is 9.55 Å². The summed E-state index contributed by atoms with van der Waals surface area (Å²) in [5.41, 5.74) is 2.11. The van der Waals surface area contributed by atoms with Crippen molar-refractivity contribution < 1.29 is 4.74 Å². The summed E-state index contributed by atoms with van der Waals surface area (Å²) in [6.45, 7) is 4.98. The van der Waals surface area contributed by atoms with Gasteiger partial charge in [0.25, 0.3) is 0 Å². The zero-order valence-corrected chi connectivity index (χ0v) is 12.9. The number of nitrogens with zero attached hydrogens (tertiary/aromatic N) is 2. The van der Waals surface area contributed by atoms with Gasteiger partial charge < -0.3 is 9.30 Å². The molecule has 0 bridgehead atoms. The summed E-state index contributed by atoms with van der Waals surface area (Å²) in [4.78, 5) is 4.73. The average molecular weight is 293 g/mol. The first-order valence-corrected chi connectivity index (χ1v) is 7.96. The number of hydrogen-bond donors (Lipinski definition) is 0. The zero-order chi connectivity index (χ0) is 14.1. The fourth-order valence-corrected chi connectivity index (χ4v) is 3.51. The molecule has 4 heteroatoms. The highest BCUT2D eigenvalue weighted by Crippen LogP contribution is 2.38. The Labute approximate surface area is 124 Å². The lowest BCUT2D eigenvalue weighted by molar-refractivity contribution is 0.343. The summed E-state index contributed by atoms with van der Waals surface area (Å²) in [5, 5.41) is 0. The van der Waals surface area contributed by atoms with Crippen molar-refractivity contribution in [3.8, 4) is 5.75 Å². The van der Waals surface area contributed by atoms with E-state index in [1.807, 2.05) is 19.1 Å². The largest absolute Gasteiger partial charge is 0.492 e. The molecule has 0 amide bonds. The lowest BCUT2D eigenvalue weighted by Gasteiger charge is -2.16. The summed E-state index contributed by atoms with van der Waals surface area (Å²) in [6, 6.07) is 6.69. The van der Waals surface area contributed by atoms with E-state index in [2.05, 4.69) is 17.6 Å². The van der Waals surface area contributed by atoms with E-state index < -0.39 is 0 Å². The third-order valence-electron chi connectivity index (χ3n) is 4.21. The number of halogens is 1. The van der Waals surface area contributed by atoms with Gasteiger partial charge in [0.15, 0.2) is 0 Å². The van der Waals surface area contributed by atoms with Gasteiger partial charge in [-0.2, -0.15) is 0 Å². The van der Waals surface area contributed by atoms with Crippen LogP contribution in [0.25, 0.3) is 11.0 Å². The number of para-hydroxylation sites is 1. The number of ether oxygens (including phenoxy) is 1. The van der Waals surface area contributed by atoms with Gasteiger partial charge in [0.2, 0.25) is 0 Å². The van der Waals surface area contributed by atoms with Crippen LogP contribution in [-0.4, -0.2) is 16.2 Å². The average Bonchev–Trinajstić information content (AvgIpc) is 3.02. The van der Waals surface area contributed by atoms with Crippen LogP contribution in [0.2, 0.25) is 0 Å². The Hall–Kier alpha value is -1.22. The Bertz CT molecular complexity index is 608. The number of benzene rings is 1. The van der Waals surface area contributed by atoms with Gasteiger partial charge in [-0.05, 0) is 44.2 Å². The van der Waals surface area contributed by atoms with Crippen LogP contribution in [0.4, 0.5) is 0 Å². The maximum Gasteiger partial charge on any atom is 0.147 e. The Morgan fingerprint density at radius 3 is 2.90 bits per heavy atom. The molecule has 1 aliphatic carbocycles. The third kappa shape index (κ3) is 2.28. The molecule has 0 N–H and O–H groups in total. The Kier molecular flexibility index (Phi) is 3.88. The second-order valence-electron chi connectivity index (χ2n) is 5.66. The summed E-state index contributed by atoms with van der Waals surface area (Å²) < 4.78 is 8.04. The summed E-state index contributed by atoms with van der Waals surface area (Å²) in [5.74, 6) is 3.07. The molecule has 0 radical (unpaired) electrons. The van der Waals surface area contributed by atoms with Gasteiger partial charge >= 0.3 is 0 Å². The summed E-state index contributed by atoms with van der Waals surface area (Å²) in [6.07, 6.45) is 3.72. The molecular formula is C16H21ClN2O. The van der Waals surface area contributed by atoms with Crippen molar-refractivity contribution in [2.24, 2.45) is 5.92 Å². The van der Waals surface area contributed by atoms with Gasteiger partial charge in [-0.15, -0.1) is 11.6 Å². The molecule has 3 rings (SSSR count). The van der Waals surface area contributed by atoms with Crippen molar-refractivity contribution in [3.05, 3.63) is 24.0 Å². The second kappa shape index (κ2) is 5.65. The van der Waals surface area contributed by atoms with Crippen molar-refractivity contribution in [3.63, 3.8) is 0 Å². The van der Waals surface area contributed by atoms with Crippen LogP contribution in [0.15, 0.2) is 18.2 Å². The van der Waals surface area contributed by atoms with Crippen LogP contribution in [0.5, 0.6) is 5.75 Å². The van der Waals surface area contributed by atoms with Crippen molar-refractivity contribution >= 4 is 22.6 Å². The smallest absolute Gasteiger partial charge is 0.147 e. The van der Waals surface area contributed by atoms with E-state index in [9.17, 15) is 0 Å². The minimum atomic E-state index is 0.450. The highest BCUT2D eigenvalue weighted by atomic mass is 35.5. The van der Waals surface area contributed by atoms with Crippen LogP contribution < -0.4 is 4.74 Å². The maximum absolute atomic E-state index is 6.12. The Morgan fingerprint density at radius 1 is 1.40 bits per heavy atom. The highest BCUT2D eigenvalue weighted by molar-refractivity contribution is 6.16. The molecule has 2 aromatic rings. The summed E-state index contributed by atoms with van der Waals surface area (Å²) >= 11 is 6.12. The fraction of sp³-hybridized carbons (Fsp3) is 0.562. The quantitative estimate of drug-likeness (QED) is 0.774. The van der Waals surface area contributed by atoms with E-state index in [1.54, 1.807) is 0 Å². The minimum Gasteiger partial charge on any atom is -0.492 e. The molecule has 3 nitrogen and oxygen atoms in total. The number of alkyl halides is 1. The number of fused-ring (bicyclic) bond motifs is 1. The summed E-state index contributed by atoms with van der Waals surface area (Å²) in [7, 11) is 0. The molecule has 1 heterocycles. The topological polar surface area (TPSA) is 27.1 Å². The molecule has 1 aromatic heterocycles. The van der Waals surface area contributed by atoms with Crippen LogP contribution in [0.3, 0.4) is 0 Å². The number of rotatable bonds is 4. The molecule has 0 saturated heterocycles. The first-order valence-electron chi connectivity index (χ1n) is 7.43. The molecule has 1 aliphatic rings. The highest BCUT2D eigenvalue weighted by Gasteiger charge is 2.26. The molecule has 1 saturated carbocycles. The molecule has 0 spiro atoms. The Morgan fingerprint density at radius 2 is 2.25 bits per heavy atom. The molecule has 20 heavy (non-hydrogen) atoms. The molecule has 108 valence electrons. The van der Waals surface area contributed by atoms with E-state index in [1.165, 1.54) is 19.3 Å². The van der Waals surface area contributed by atoms with Gasteiger partial charge in [-0.25, -0.2) is 4.98 Å². The zero-order valence-electron chi connectivity index (χ0n) is 12.1. The number of imidazole rings is 1. The monoisotopic (exact) mass is 292 g/mol. The van der Waals surface area contributed by atoms with Crippen LogP contribution in [0.1, 0.15) is 45.0 Å². The number of hydrogen-bond acceptors (Lipinski definition) is 2. The molecule has 2 unspecified atom stereocenters. The van der Waals surface area contributed by atoms with E-state index in [0.717, 1.165) is 28.5 Å². The third-order valence-corrected chi connectivity index (χ3v) is 4.45. The fourth-order valence-electron chi connectivity index (χ4n) is 3.32. The standard InChI is InChI=1S/C16H21ClN2O/c1-3-20-14-6-4-5-13-16(14)18-15(10-17)19(13)12-8-7-11(2)9-12/h4-6,11-12H,3,7-10H2,1-2H3. The lowest BCUT2D eigenvalue weighted by atomic mass is 10.1. The molecule has 1 aromatic carbocycles. The normalized spacial score (nSPS) is 22.6. The number of aromatic nitrogens is 2. The SMILES string of the molecule is CCOc1cccc2c1nc(CCl)n2C1CCC(C)C1. The van der Waals surface area contributed by atoms with E-state index >= 15 is 0 Å². The predicted molar refractivity (Wildman–Crippen MR) is 82.5 cm³/mol. The van der Waals surface area contributed by atoms with Gasteiger partial charge in [0.05, 0.1) is 18.0 Å². The van der Waals surface area contributed by atoms with Gasteiger partial charge in [-0.1, -0.05) is 13.0 Å². The Balaban J connectivity index is 2.12. The second-order valence-corrected chi connectivity index (χ2v) is 5.93. The van der Waals surface area contributed by atoms with Gasteiger partial charge in [-0.3, -0.25) is 0 Å². The maximum atomic E-state index is 6.12. The van der Waals surface area contributed by atoms with Crippen molar-refractivity contribution in [2.45, 2.75) is 45.0 Å². The van der Waals surface area contributed by atoms with E-state index in [-0.39, 0.29) is 0 Å².